The van der Waals surface area contributed by atoms with Crippen molar-refractivity contribution in [2.24, 2.45) is 0 Å². The highest BCUT2D eigenvalue weighted by atomic mass is 19.5. The maximum atomic E-state index is 9.75. The van der Waals surface area contributed by atoms with Gasteiger partial charge >= 0.3 is 7.25 Å². The molecule has 0 bridgehead atoms. The van der Waals surface area contributed by atoms with Gasteiger partial charge in [0, 0.05) is 23.3 Å². The fourth-order valence-corrected chi connectivity index (χ4v) is 4.40. The van der Waals surface area contributed by atoms with Crippen LogP contribution in [0, 0.1) is 0 Å². The van der Waals surface area contributed by atoms with Crippen LogP contribution in [0.2, 0.25) is 0 Å². The lowest BCUT2D eigenvalue weighted by atomic mass is 9.99. The lowest BCUT2D eigenvalue weighted by Crippen LogP contribution is -2.62. The molecule has 0 aliphatic carbocycles. The van der Waals surface area contributed by atoms with Gasteiger partial charge in [-0.3, -0.25) is 0 Å². The lowest BCUT2D eigenvalue weighted by molar-refractivity contribution is -0.673. The van der Waals surface area contributed by atoms with Gasteiger partial charge in [-0.1, -0.05) is 71.4 Å². The summed E-state index contributed by atoms with van der Waals surface area (Å²) in [7, 11) is -6.00. The maximum absolute atomic E-state index is 9.75. The van der Waals surface area contributed by atoms with Gasteiger partial charge in [-0.25, -0.2) is 0 Å². The summed E-state index contributed by atoms with van der Waals surface area (Å²) in [6.45, 7) is 2.18. The molecule has 2 heterocycles. The van der Waals surface area contributed by atoms with E-state index in [9.17, 15) is 17.3 Å². The van der Waals surface area contributed by atoms with Crippen LogP contribution >= 0.6 is 0 Å². The highest BCUT2D eigenvalue weighted by molar-refractivity contribution is 6.50. The summed E-state index contributed by atoms with van der Waals surface area (Å²) in [5.41, 5.74) is 7.49. The Labute approximate surface area is 203 Å². The van der Waals surface area contributed by atoms with Gasteiger partial charge in [-0.2, -0.15) is 5.01 Å². The SMILES string of the molecule is F[B-](F)(F)F.c1ccc(-c2cc(-c3ccccc3)[n+](N3CCCCC3)c(-c3ccccc3)c2)cc1. The first-order valence-electron chi connectivity index (χ1n) is 11.8. The Balaban J connectivity index is 0.000000527. The fraction of sp³-hybridized carbons (Fsp3) is 0.179. The lowest BCUT2D eigenvalue weighted by Gasteiger charge is -2.26. The second-order valence-electron chi connectivity index (χ2n) is 8.43. The molecule has 0 amide bonds. The van der Waals surface area contributed by atoms with Gasteiger partial charge in [0.2, 0.25) is 11.4 Å². The molecule has 1 aromatic heterocycles. The molecule has 0 saturated carbocycles. The standard InChI is InChI=1S/C28H27N2.BF4/c1-5-13-23(14-6-1)26-21-27(24-15-7-2-8-16-24)30(29-19-11-4-12-20-29)28(22-26)25-17-9-3-10-18-25;2-1(3,4)5/h1-3,5-10,13-18,21-22H,4,11-12,19-20H2;/q+1;-1. The molecule has 1 fully saturated rings. The van der Waals surface area contributed by atoms with Crippen molar-refractivity contribution in [1.82, 2.24) is 0 Å². The zero-order valence-corrected chi connectivity index (χ0v) is 19.3. The van der Waals surface area contributed by atoms with Crippen molar-refractivity contribution < 1.29 is 21.9 Å². The molecule has 0 N–H and O–H groups in total. The van der Waals surface area contributed by atoms with E-state index in [0.29, 0.717) is 0 Å². The third-order valence-corrected chi connectivity index (χ3v) is 5.90. The van der Waals surface area contributed by atoms with E-state index in [1.54, 1.807) is 0 Å². The molecule has 4 aromatic rings. The first-order chi connectivity index (χ1) is 16.9. The smallest absolute Gasteiger partial charge is 0.418 e. The topological polar surface area (TPSA) is 7.12 Å². The molecular weight excluding hydrogens is 451 g/mol. The minimum Gasteiger partial charge on any atom is -0.418 e. The molecule has 0 atom stereocenters. The molecule has 5 rings (SSSR count). The van der Waals surface area contributed by atoms with E-state index in [4.69, 9.17) is 0 Å². The van der Waals surface area contributed by atoms with Crippen LogP contribution in [0.15, 0.2) is 103 Å². The van der Waals surface area contributed by atoms with Gasteiger partial charge in [-0.15, -0.1) is 0 Å². The Kier molecular flexibility index (Phi) is 7.86. The summed E-state index contributed by atoms with van der Waals surface area (Å²) in [6.07, 6.45) is 3.81. The Morgan fingerprint density at radius 2 is 0.886 bits per heavy atom. The third-order valence-electron chi connectivity index (χ3n) is 5.90. The average Bonchev–Trinajstić information content (AvgIpc) is 2.89. The number of aromatic nitrogens is 1. The highest BCUT2D eigenvalue weighted by Crippen LogP contribution is 2.29. The van der Waals surface area contributed by atoms with E-state index in [2.05, 4.69) is 113 Å². The molecule has 2 nitrogen and oxygen atoms in total. The number of nitrogens with zero attached hydrogens (tertiary/aromatic N) is 2. The van der Waals surface area contributed by atoms with E-state index >= 15 is 0 Å². The van der Waals surface area contributed by atoms with Gasteiger partial charge in [0.05, 0.1) is 13.1 Å². The monoisotopic (exact) mass is 478 g/mol. The second kappa shape index (κ2) is 11.2. The number of benzene rings is 3. The Bertz CT molecular complexity index is 1140. The van der Waals surface area contributed by atoms with Crippen LogP contribution in [0.25, 0.3) is 33.6 Å². The maximum Gasteiger partial charge on any atom is 0.673 e. The van der Waals surface area contributed by atoms with Gasteiger partial charge in [0.1, 0.15) is 0 Å². The number of hydrogen-bond donors (Lipinski definition) is 0. The van der Waals surface area contributed by atoms with Gasteiger partial charge in [0.15, 0.2) is 0 Å². The molecule has 35 heavy (non-hydrogen) atoms. The van der Waals surface area contributed by atoms with Crippen LogP contribution in [-0.2, 0) is 0 Å². The predicted molar refractivity (Wildman–Crippen MR) is 135 cm³/mol. The van der Waals surface area contributed by atoms with Crippen LogP contribution in [0.4, 0.5) is 17.3 Å². The molecule has 0 radical (unpaired) electrons. The van der Waals surface area contributed by atoms with Crippen molar-refractivity contribution in [3.05, 3.63) is 103 Å². The zero-order valence-electron chi connectivity index (χ0n) is 19.3. The second-order valence-corrected chi connectivity index (χ2v) is 8.43. The van der Waals surface area contributed by atoms with E-state index < -0.39 is 7.25 Å². The largest absolute Gasteiger partial charge is 0.673 e. The summed E-state index contributed by atoms with van der Waals surface area (Å²) >= 11 is 0. The van der Waals surface area contributed by atoms with Crippen LogP contribution in [0.3, 0.4) is 0 Å². The van der Waals surface area contributed by atoms with E-state index in [0.717, 1.165) is 13.1 Å². The summed E-state index contributed by atoms with van der Waals surface area (Å²) in [5.74, 6) is 0. The van der Waals surface area contributed by atoms with E-state index in [1.165, 1.54) is 52.9 Å². The summed E-state index contributed by atoms with van der Waals surface area (Å²) in [4.78, 5) is 0. The first-order valence-corrected chi connectivity index (χ1v) is 11.8. The first kappa shape index (κ1) is 24.5. The number of halogens is 4. The Hall–Kier alpha value is -3.61. The number of rotatable bonds is 4. The van der Waals surface area contributed by atoms with Crippen molar-refractivity contribution in [2.45, 2.75) is 19.3 Å². The molecule has 3 aromatic carbocycles. The molecule has 0 unspecified atom stereocenters. The number of hydrogen-bond acceptors (Lipinski definition) is 1. The average molecular weight is 478 g/mol. The van der Waals surface area contributed by atoms with Crippen molar-refractivity contribution in [2.75, 3.05) is 18.1 Å². The molecular formula is C28H27BF4N2. The van der Waals surface area contributed by atoms with Crippen LogP contribution < -0.4 is 9.69 Å². The summed E-state index contributed by atoms with van der Waals surface area (Å²) < 4.78 is 41.5. The molecule has 7 heteroatoms. The van der Waals surface area contributed by atoms with Crippen molar-refractivity contribution in [3.8, 4) is 33.6 Å². The third kappa shape index (κ3) is 6.72. The molecule has 0 spiro atoms. The predicted octanol–water partition coefficient (Wildman–Crippen LogP) is 7.40. The van der Waals surface area contributed by atoms with Crippen molar-refractivity contribution in [1.29, 1.82) is 0 Å². The minimum absolute atomic E-state index is 1.09. The molecule has 180 valence electrons. The van der Waals surface area contributed by atoms with Crippen molar-refractivity contribution in [3.63, 3.8) is 0 Å². The van der Waals surface area contributed by atoms with E-state index in [1.807, 2.05) is 0 Å². The van der Waals surface area contributed by atoms with E-state index in [-0.39, 0.29) is 0 Å². The highest BCUT2D eigenvalue weighted by Gasteiger charge is 2.29. The van der Waals surface area contributed by atoms with Crippen LogP contribution in [-0.4, -0.2) is 20.3 Å². The minimum atomic E-state index is -6.00. The summed E-state index contributed by atoms with van der Waals surface area (Å²) in [6, 6.07) is 37.0. The molecule has 1 aliphatic heterocycles. The van der Waals surface area contributed by atoms with Gasteiger partial charge in [0.25, 0.3) is 0 Å². The van der Waals surface area contributed by atoms with Crippen LogP contribution in [0.5, 0.6) is 0 Å². The fourth-order valence-electron chi connectivity index (χ4n) is 4.40. The zero-order chi connectivity index (χ0) is 24.7. The Morgan fingerprint density at radius 1 is 0.514 bits per heavy atom. The number of piperidine rings is 1. The normalized spacial score (nSPS) is 13.7. The van der Waals surface area contributed by atoms with Crippen LogP contribution in [0.1, 0.15) is 19.3 Å². The quantitative estimate of drug-likeness (QED) is 0.169. The summed E-state index contributed by atoms with van der Waals surface area (Å²) in [5, 5.41) is 2.53. The van der Waals surface area contributed by atoms with Gasteiger partial charge < -0.3 is 17.3 Å². The van der Waals surface area contributed by atoms with Gasteiger partial charge in [-0.05, 0) is 54.7 Å². The molecule has 1 aliphatic rings. The Morgan fingerprint density at radius 3 is 1.29 bits per heavy atom. The molecule has 1 saturated heterocycles. The van der Waals surface area contributed by atoms with Crippen molar-refractivity contribution >= 4 is 7.25 Å². The number of pyridine rings is 1.